The molecule has 0 aliphatic heterocycles. The molecule has 0 aliphatic rings. The lowest BCUT2D eigenvalue weighted by molar-refractivity contribution is 0.611. The lowest BCUT2D eigenvalue weighted by Crippen LogP contribution is -2.07. The minimum Gasteiger partial charge on any atom is -0.323 e. The normalized spacial score (nSPS) is 13.2. The number of rotatable bonds is 4. The first-order chi connectivity index (χ1) is 6.15. The standard InChI is InChI=1S/C9H13Br2NS/c1-2-3-4-7(12)8-5-6(10)9(11)13-8/h5,7H,2-4,12H2,1H3/t7-/m0/s1. The third-order valence-corrected chi connectivity index (χ3v) is 5.29. The predicted molar refractivity (Wildman–Crippen MR) is 66.2 cm³/mol. The van der Waals surface area contributed by atoms with Gasteiger partial charge >= 0.3 is 0 Å². The van der Waals surface area contributed by atoms with Crippen molar-refractivity contribution in [3.05, 3.63) is 19.2 Å². The van der Waals surface area contributed by atoms with Gasteiger partial charge in [0.25, 0.3) is 0 Å². The predicted octanol–water partition coefficient (Wildman–Crippen LogP) is 4.46. The SMILES string of the molecule is CCCC[C@H](N)c1cc(Br)c(Br)s1. The van der Waals surface area contributed by atoms with Crippen LogP contribution in [-0.4, -0.2) is 0 Å². The summed E-state index contributed by atoms with van der Waals surface area (Å²) in [6, 6.07) is 2.31. The summed E-state index contributed by atoms with van der Waals surface area (Å²) in [6.07, 6.45) is 3.49. The third kappa shape index (κ3) is 3.35. The molecule has 1 atom stereocenters. The smallest absolute Gasteiger partial charge is 0.0843 e. The molecule has 0 fully saturated rings. The molecule has 1 aromatic rings. The summed E-state index contributed by atoms with van der Waals surface area (Å²) in [7, 11) is 0. The van der Waals surface area contributed by atoms with Crippen LogP contribution in [0.25, 0.3) is 0 Å². The van der Waals surface area contributed by atoms with Crippen molar-refractivity contribution >= 4 is 43.2 Å². The van der Waals surface area contributed by atoms with E-state index in [0.29, 0.717) is 0 Å². The topological polar surface area (TPSA) is 26.0 Å². The Bertz CT molecular complexity index is 253. The maximum absolute atomic E-state index is 6.03. The second-order valence-electron chi connectivity index (χ2n) is 3.02. The summed E-state index contributed by atoms with van der Waals surface area (Å²) in [5, 5.41) is 0. The van der Waals surface area contributed by atoms with E-state index in [1.54, 1.807) is 11.3 Å². The minimum absolute atomic E-state index is 0.201. The molecule has 74 valence electrons. The first-order valence-corrected chi connectivity index (χ1v) is 6.75. The van der Waals surface area contributed by atoms with Crippen LogP contribution in [0, 0.1) is 0 Å². The minimum atomic E-state index is 0.201. The molecule has 1 nitrogen and oxygen atoms in total. The van der Waals surface area contributed by atoms with Crippen molar-refractivity contribution < 1.29 is 0 Å². The molecule has 2 N–H and O–H groups in total. The molecule has 0 saturated heterocycles. The van der Waals surface area contributed by atoms with Gasteiger partial charge in [0.2, 0.25) is 0 Å². The Morgan fingerprint density at radius 3 is 2.69 bits per heavy atom. The van der Waals surface area contributed by atoms with Crippen LogP contribution >= 0.6 is 43.2 Å². The van der Waals surface area contributed by atoms with Crippen LogP contribution < -0.4 is 5.73 Å². The molecule has 0 aliphatic carbocycles. The molecule has 1 rings (SSSR count). The quantitative estimate of drug-likeness (QED) is 0.868. The van der Waals surface area contributed by atoms with E-state index in [0.717, 1.165) is 14.7 Å². The zero-order valence-electron chi connectivity index (χ0n) is 7.52. The van der Waals surface area contributed by atoms with E-state index in [4.69, 9.17) is 5.73 Å². The van der Waals surface area contributed by atoms with E-state index in [9.17, 15) is 0 Å². The Balaban J connectivity index is 2.60. The average Bonchev–Trinajstić information content (AvgIpc) is 2.43. The van der Waals surface area contributed by atoms with Gasteiger partial charge in [-0.1, -0.05) is 19.8 Å². The molecule has 0 amide bonds. The van der Waals surface area contributed by atoms with E-state index < -0.39 is 0 Å². The summed E-state index contributed by atoms with van der Waals surface area (Å²) in [6.45, 7) is 2.19. The van der Waals surface area contributed by atoms with Crippen molar-refractivity contribution in [2.75, 3.05) is 0 Å². The number of hydrogen-bond donors (Lipinski definition) is 1. The number of halogens is 2. The number of hydrogen-bond acceptors (Lipinski definition) is 2. The van der Waals surface area contributed by atoms with E-state index in [1.807, 2.05) is 0 Å². The van der Waals surface area contributed by atoms with Gasteiger partial charge < -0.3 is 5.73 Å². The van der Waals surface area contributed by atoms with Crippen molar-refractivity contribution in [1.82, 2.24) is 0 Å². The van der Waals surface area contributed by atoms with E-state index in [2.05, 4.69) is 44.8 Å². The summed E-state index contributed by atoms with van der Waals surface area (Å²) in [5.74, 6) is 0. The molecule has 13 heavy (non-hydrogen) atoms. The van der Waals surface area contributed by atoms with Crippen LogP contribution in [0.15, 0.2) is 14.3 Å². The van der Waals surface area contributed by atoms with Gasteiger partial charge in [-0.25, -0.2) is 0 Å². The third-order valence-electron chi connectivity index (χ3n) is 1.90. The molecule has 0 aromatic carbocycles. The van der Waals surface area contributed by atoms with Gasteiger partial charge in [0, 0.05) is 15.4 Å². The Morgan fingerprint density at radius 2 is 2.23 bits per heavy atom. The van der Waals surface area contributed by atoms with Crippen molar-refractivity contribution in [2.24, 2.45) is 5.73 Å². The van der Waals surface area contributed by atoms with Gasteiger partial charge in [-0.15, -0.1) is 11.3 Å². The fourth-order valence-corrected chi connectivity index (χ4v) is 3.24. The van der Waals surface area contributed by atoms with Gasteiger partial charge in [0.1, 0.15) is 0 Å². The fourth-order valence-electron chi connectivity index (χ4n) is 1.11. The highest BCUT2D eigenvalue weighted by Gasteiger charge is 2.10. The van der Waals surface area contributed by atoms with Gasteiger partial charge in [0.05, 0.1) is 3.79 Å². The van der Waals surface area contributed by atoms with Crippen LogP contribution in [0.5, 0.6) is 0 Å². The summed E-state index contributed by atoms with van der Waals surface area (Å²) in [5.41, 5.74) is 6.03. The molecular weight excluding hydrogens is 314 g/mol. The Morgan fingerprint density at radius 1 is 1.54 bits per heavy atom. The first-order valence-electron chi connectivity index (χ1n) is 4.35. The Kier molecular flexibility index (Phi) is 4.94. The second kappa shape index (κ2) is 5.49. The summed E-state index contributed by atoms with van der Waals surface area (Å²) < 4.78 is 2.24. The Hall–Kier alpha value is 0.620. The molecule has 0 radical (unpaired) electrons. The van der Waals surface area contributed by atoms with Crippen LogP contribution in [0.4, 0.5) is 0 Å². The summed E-state index contributed by atoms with van der Waals surface area (Å²) >= 11 is 8.65. The molecule has 0 saturated carbocycles. The van der Waals surface area contributed by atoms with E-state index in [1.165, 1.54) is 17.7 Å². The monoisotopic (exact) mass is 325 g/mol. The van der Waals surface area contributed by atoms with E-state index in [-0.39, 0.29) is 6.04 Å². The molecule has 1 heterocycles. The van der Waals surface area contributed by atoms with Gasteiger partial charge in [0.15, 0.2) is 0 Å². The highest BCUT2D eigenvalue weighted by atomic mass is 79.9. The first kappa shape index (κ1) is 11.7. The molecule has 0 unspecified atom stereocenters. The number of unbranched alkanes of at least 4 members (excludes halogenated alkanes) is 1. The lowest BCUT2D eigenvalue weighted by Gasteiger charge is -2.07. The molecule has 0 spiro atoms. The van der Waals surface area contributed by atoms with Gasteiger partial charge in [-0.3, -0.25) is 0 Å². The lowest BCUT2D eigenvalue weighted by atomic mass is 10.1. The molecule has 4 heteroatoms. The molecular formula is C9H13Br2NS. The average molecular weight is 327 g/mol. The van der Waals surface area contributed by atoms with Crippen molar-refractivity contribution in [3.63, 3.8) is 0 Å². The second-order valence-corrected chi connectivity index (χ2v) is 6.28. The van der Waals surface area contributed by atoms with Crippen LogP contribution in [0.3, 0.4) is 0 Å². The highest BCUT2D eigenvalue weighted by molar-refractivity contribution is 9.13. The van der Waals surface area contributed by atoms with E-state index >= 15 is 0 Å². The van der Waals surface area contributed by atoms with Crippen molar-refractivity contribution in [1.29, 1.82) is 0 Å². The van der Waals surface area contributed by atoms with Gasteiger partial charge in [-0.05, 0) is 44.3 Å². The van der Waals surface area contributed by atoms with Crippen molar-refractivity contribution in [3.8, 4) is 0 Å². The molecule has 1 aromatic heterocycles. The number of thiophene rings is 1. The van der Waals surface area contributed by atoms with Crippen LogP contribution in [0.2, 0.25) is 0 Å². The zero-order chi connectivity index (χ0) is 9.84. The maximum Gasteiger partial charge on any atom is 0.0843 e. The number of nitrogens with two attached hydrogens (primary N) is 1. The van der Waals surface area contributed by atoms with Crippen molar-refractivity contribution in [2.45, 2.75) is 32.2 Å². The zero-order valence-corrected chi connectivity index (χ0v) is 11.5. The maximum atomic E-state index is 6.03. The fraction of sp³-hybridized carbons (Fsp3) is 0.556. The summed E-state index contributed by atoms with van der Waals surface area (Å²) in [4.78, 5) is 1.26. The van der Waals surface area contributed by atoms with Gasteiger partial charge in [-0.2, -0.15) is 0 Å². The largest absolute Gasteiger partial charge is 0.323 e. The highest BCUT2D eigenvalue weighted by Crippen LogP contribution is 2.35. The Labute approximate surface area is 100.0 Å². The van der Waals surface area contributed by atoms with Crippen LogP contribution in [-0.2, 0) is 0 Å². The van der Waals surface area contributed by atoms with Crippen LogP contribution in [0.1, 0.15) is 37.1 Å². The molecule has 0 bridgehead atoms.